The van der Waals surface area contributed by atoms with Crippen LogP contribution in [0.25, 0.3) is 0 Å². The number of nitrogens with zero attached hydrogens (tertiary/aromatic N) is 4. The molecule has 2 saturated heterocycles. The van der Waals surface area contributed by atoms with Gasteiger partial charge in [0.25, 0.3) is 5.91 Å². The van der Waals surface area contributed by atoms with Crippen LogP contribution in [0.5, 0.6) is 5.88 Å². The van der Waals surface area contributed by atoms with E-state index >= 15 is 0 Å². The second-order valence-corrected chi connectivity index (χ2v) is 8.08. The number of carbonyl (C=O) groups is 1. The van der Waals surface area contributed by atoms with Crippen molar-refractivity contribution >= 4 is 11.6 Å². The molecule has 0 radical (unpaired) electrons. The monoisotopic (exact) mass is 443 g/mol. The quantitative estimate of drug-likeness (QED) is 0.686. The van der Waals surface area contributed by atoms with Crippen LogP contribution in [0.4, 0.5) is 10.1 Å². The van der Waals surface area contributed by atoms with Crippen molar-refractivity contribution in [1.29, 1.82) is 0 Å². The summed E-state index contributed by atoms with van der Waals surface area (Å²) in [5.41, 5.74) is 2.51. The minimum atomic E-state index is -0.612. The standard InChI is InChI=1S/C23H30FN5O3/c1-4-15-5-6-17(27-23(15)31-3)20-13-16(14-32-20)28-9-11-29(12-10-28)19-8-7-18(22(30)25-2)26-21(19)24/h5-8,16,20H,4,9-14H2,1-3H3,(H,25,30). The third-order valence-electron chi connectivity index (χ3n) is 6.30. The Morgan fingerprint density at radius 3 is 2.66 bits per heavy atom. The first-order chi connectivity index (χ1) is 15.5. The topological polar surface area (TPSA) is 79.8 Å². The number of amides is 1. The van der Waals surface area contributed by atoms with Gasteiger partial charge in [-0.05, 0) is 31.0 Å². The molecule has 2 fully saturated rings. The minimum absolute atomic E-state index is 0.0447. The largest absolute Gasteiger partial charge is 0.481 e. The number of nitrogens with one attached hydrogen (secondary N) is 1. The number of aryl methyl sites for hydroxylation is 1. The fourth-order valence-corrected chi connectivity index (χ4v) is 4.43. The Bertz CT molecular complexity index is 965. The Hall–Kier alpha value is -2.78. The normalized spacial score (nSPS) is 21.6. The van der Waals surface area contributed by atoms with Gasteiger partial charge in [0.05, 0.1) is 25.1 Å². The zero-order valence-corrected chi connectivity index (χ0v) is 18.8. The molecular weight excluding hydrogens is 413 g/mol. The van der Waals surface area contributed by atoms with Crippen LogP contribution in [0.2, 0.25) is 0 Å². The third kappa shape index (κ3) is 4.54. The highest BCUT2D eigenvalue weighted by molar-refractivity contribution is 5.92. The Morgan fingerprint density at radius 2 is 2.00 bits per heavy atom. The van der Waals surface area contributed by atoms with Gasteiger partial charge >= 0.3 is 0 Å². The fraction of sp³-hybridized carbons (Fsp3) is 0.522. The maximum absolute atomic E-state index is 14.5. The molecule has 1 amide bonds. The summed E-state index contributed by atoms with van der Waals surface area (Å²) in [6.45, 7) is 5.73. The second kappa shape index (κ2) is 9.79. The van der Waals surface area contributed by atoms with Crippen molar-refractivity contribution in [2.24, 2.45) is 0 Å². The number of piperazine rings is 1. The van der Waals surface area contributed by atoms with Crippen LogP contribution in [0, 0.1) is 5.95 Å². The molecule has 32 heavy (non-hydrogen) atoms. The van der Waals surface area contributed by atoms with Gasteiger partial charge < -0.3 is 19.7 Å². The molecule has 2 unspecified atom stereocenters. The zero-order valence-electron chi connectivity index (χ0n) is 18.8. The number of carbonyl (C=O) groups excluding carboxylic acids is 1. The summed E-state index contributed by atoms with van der Waals surface area (Å²) in [6.07, 6.45) is 1.70. The van der Waals surface area contributed by atoms with Crippen molar-refractivity contribution in [3.05, 3.63) is 47.2 Å². The lowest BCUT2D eigenvalue weighted by molar-refractivity contribution is 0.0926. The Kier molecular flexibility index (Phi) is 6.86. The maximum atomic E-state index is 14.5. The molecule has 0 saturated carbocycles. The molecule has 0 aliphatic carbocycles. The highest BCUT2D eigenvalue weighted by Crippen LogP contribution is 2.33. The van der Waals surface area contributed by atoms with Crippen LogP contribution in [0.3, 0.4) is 0 Å². The lowest BCUT2D eigenvalue weighted by atomic mass is 10.1. The van der Waals surface area contributed by atoms with Crippen LogP contribution in [0.15, 0.2) is 24.3 Å². The number of hydrogen-bond donors (Lipinski definition) is 1. The van der Waals surface area contributed by atoms with Gasteiger partial charge in [0.2, 0.25) is 11.8 Å². The zero-order chi connectivity index (χ0) is 22.7. The van der Waals surface area contributed by atoms with E-state index in [4.69, 9.17) is 9.47 Å². The molecule has 9 heteroatoms. The van der Waals surface area contributed by atoms with E-state index in [9.17, 15) is 9.18 Å². The van der Waals surface area contributed by atoms with E-state index in [2.05, 4.69) is 33.2 Å². The highest BCUT2D eigenvalue weighted by Gasteiger charge is 2.34. The van der Waals surface area contributed by atoms with Gasteiger partial charge in [0, 0.05) is 44.8 Å². The van der Waals surface area contributed by atoms with E-state index in [0.717, 1.165) is 37.2 Å². The second-order valence-electron chi connectivity index (χ2n) is 8.08. The number of anilines is 1. The van der Waals surface area contributed by atoms with E-state index in [-0.39, 0.29) is 11.8 Å². The fourth-order valence-electron chi connectivity index (χ4n) is 4.43. The van der Waals surface area contributed by atoms with E-state index in [1.54, 1.807) is 19.2 Å². The molecule has 2 aliphatic heterocycles. The Morgan fingerprint density at radius 1 is 1.22 bits per heavy atom. The van der Waals surface area contributed by atoms with E-state index in [1.165, 1.54) is 7.05 Å². The van der Waals surface area contributed by atoms with Crippen LogP contribution in [-0.2, 0) is 11.2 Å². The average Bonchev–Trinajstić information content (AvgIpc) is 3.33. The minimum Gasteiger partial charge on any atom is -0.481 e. The molecule has 2 aromatic heterocycles. The lowest BCUT2D eigenvalue weighted by Crippen LogP contribution is -2.50. The molecule has 2 aliphatic rings. The van der Waals surface area contributed by atoms with Gasteiger partial charge in [0.15, 0.2) is 0 Å². The summed E-state index contributed by atoms with van der Waals surface area (Å²) in [7, 11) is 3.15. The molecule has 8 nitrogen and oxygen atoms in total. The van der Waals surface area contributed by atoms with Crippen LogP contribution in [0.1, 0.15) is 41.2 Å². The van der Waals surface area contributed by atoms with Gasteiger partial charge in [-0.15, -0.1) is 0 Å². The first kappa shape index (κ1) is 22.4. The number of pyridine rings is 2. The van der Waals surface area contributed by atoms with Gasteiger partial charge in [-0.3, -0.25) is 9.69 Å². The summed E-state index contributed by atoms with van der Waals surface area (Å²) >= 11 is 0. The van der Waals surface area contributed by atoms with Crippen molar-refractivity contribution < 1.29 is 18.7 Å². The lowest BCUT2D eigenvalue weighted by Gasteiger charge is -2.38. The summed E-state index contributed by atoms with van der Waals surface area (Å²) in [4.78, 5) is 24.5. The predicted molar refractivity (Wildman–Crippen MR) is 119 cm³/mol. The number of ether oxygens (including phenoxy) is 2. The number of hydrogen-bond acceptors (Lipinski definition) is 7. The molecule has 0 bridgehead atoms. The summed E-state index contributed by atoms with van der Waals surface area (Å²) in [5, 5.41) is 2.46. The van der Waals surface area contributed by atoms with Crippen molar-refractivity contribution in [3.63, 3.8) is 0 Å². The van der Waals surface area contributed by atoms with Crippen LogP contribution >= 0.6 is 0 Å². The molecule has 4 rings (SSSR count). The molecule has 0 spiro atoms. The van der Waals surface area contributed by atoms with Crippen LogP contribution in [-0.4, -0.2) is 73.8 Å². The average molecular weight is 444 g/mol. The van der Waals surface area contributed by atoms with Crippen molar-refractivity contribution in [2.45, 2.75) is 31.9 Å². The van der Waals surface area contributed by atoms with E-state index in [1.807, 2.05) is 11.0 Å². The number of aromatic nitrogens is 2. The Balaban J connectivity index is 1.35. The molecule has 2 aromatic rings. The van der Waals surface area contributed by atoms with Gasteiger partial charge in [-0.25, -0.2) is 9.97 Å². The van der Waals surface area contributed by atoms with E-state index < -0.39 is 11.9 Å². The smallest absolute Gasteiger partial charge is 0.269 e. The summed E-state index contributed by atoms with van der Waals surface area (Å²) in [5.74, 6) is -0.337. The molecular formula is C23H30FN5O3. The van der Waals surface area contributed by atoms with Crippen molar-refractivity contribution in [1.82, 2.24) is 20.2 Å². The number of rotatable bonds is 6. The third-order valence-corrected chi connectivity index (χ3v) is 6.30. The molecule has 0 aromatic carbocycles. The summed E-state index contributed by atoms with van der Waals surface area (Å²) in [6, 6.07) is 7.60. The van der Waals surface area contributed by atoms with Gasteiger partial charge in [0.1, 0.15) is 11.8 Å². The van der Waals surface area contributed by atoms with E-state index in [0.29, 0.717) is 37.3 Å². The highest BCUT2D eigenvalue weighted by atomic mass is 19.1. The first-order valence-corrected chi connectivity index (χ1v) is 11.1. The first-order valence-electron chi connectivity index (χ1n) is 11.1. The van der Waals surface area contributed by atoms with Crippen molar-refractivity contribution in [2.75, 3.05) is 51.8 Å². The Labute approximate surface area is 187 Å². The van der Waals surface area contributed by atoms with Crippen LogP contribution < -0.4 is 15.0 Å². The summed E-state index contributed by atoms with van der Waals surface area (Å²) < 4.78 is 26.0. The van der Waals surface area contributed by atoms with Gasteiger partial charge in [-0.1, -0.05) is 13.0 Å². The SMILES string of the molecule is CCc1ccc(C2CC(N3CCN(c4ccc(C(=O)NC)nc4F)CC3)CO2)nc1OC. The molecule has 2 atom stereocenters. The van der Waals surface area contributed by atoms with Crippen molar-refractivity contribution in [3.8, 4) is 5.88 Å². The number of methoxy groups -OCH3 is 1. The number of halogens is 1. The maximum Gasteiger partial charge on any atom is 0.269 e. The molecule has 1 N–H and O–H groups in total. The van der Waals surface area contributed by atoms with Gasteiger partial charge in [-0.2, -0.15) is 4.39 Å². The molecule has 172 valence electrons. The predicted octanol–water partition coefficient (Wildman–Crippen LogP) is 2.20. The molecule has 4 heterocycles.